The van der Waals surface area contributed by atoms with E-state index in [2.05, 4.69) is 10.6 Å². The predicted molar refractivity (Wildman–Crippen MR) is 117 cm³/mol. The van der Waals surface area contributed by atoms with Gasteiger partial charge in [0.25, 0.3) is 5.91 Å². The first kappa shape index (κ1) is 21.6. The van der Waals surface area contributed by atoms with Gasteiger partial charge in [-0.05, 0) is 48.7 Å². The van der Waals surface area contributed by atoms with E-state index in [0.29, 0.717) is 35.0 Å². The highest BCUT2D eigenvalue weighted by Gasteiger charge is 2.15. The monoisotopic (exact) mass is 408 g/mol. The van der Waals surface area contributed by atoms with Crippen molar-refractivity contribution in [3.05, 3.63) is 54.1 Å². The number of amides is 2. The van der Waals surface area contributed by atoms with Gasteiger partial charge >= 0.3 is 5.97 Å². The number of carbonyl (C=O) groups excluding carboxylic acids is 3. The first-order valence-corrected chi connectivity index (χ1v) is 10.5. The molecule has 0 unspecified atom stereocenters. The van der Waals surface area contributed by atoms with Crippen LogP contribution in [0.1, 0.15) is 62.2 Å². The summed E-state index contributed by atoms with van der Waals surface area (Å²) in [7, 11) is 0. The summed E-state index contributed by atoms with van der Waals surface area (Å²) in [5.41, 5.74) is 1.59. The summed E-state index contributed by atoms with van der Waals surface area (Å²) in [5, 5.41) is 5.72. The van der Waals surface area contributed by atoms with Gasteiger partial charge in [0.05, 0.1) is 0 Å². The van der Waals surface area contributed by atoms with Crippen LogP contribution in [0.2, 0.25) is 0 Å². The molecule has 2 aromatic rings. The summed E-state index contributed by atoms with van der Waals surface area (Å²) >= 11 is 0. The lowest BCUT2D eigenvalue weighted by atomic mass is 9.86. The Hall–Kier alpha value is -3.15. The number of ether oxygens (including phenoxy) is 1. The summed E-state index contributed by atoms with van der Waals surface area (Å²) in [6.45, 7) is 1.31. The number of benzene rings is 2. The third kappa shape index (κ3) is 6.72. The number of carbonyl (C=O) groups is 3. The first-order chi connectivity index (χ1) is 14.5. The maximum atomic E-state index is 12.5. The molecule has 0 radical (unpaired) electrons. The highest BCUT2D eigenvalue weighted by atomic mass is 16.5. The third-order valence-corrected chi connectivity index (χ3v) is 5.27. The average molecular weight is 408 g/mol. The zero-order valence-corrected chi connectivity index (χ0v) is 17.3. The SMILES string of the molecule is CC(=O)Oc1cccc(C(=O)Nc2cccc(NC(=O)CCC3CCCCC3)c2)c1. The fourth-order valence-corrected chi connectivity index (χ4v) is 3.78. The van der Waals surface area contributed by atoms with E-state index >= 15 is 0 Å². The summed E-state index contributed by atoms with van der Waals surface area (Å²) in [6.07, 6.45) is 7.77. The van der Waals surface area contributed by atoms with Gasteiger partial charge in [0.1, 0.15) is 5.75 Å². The molecule has 1 aliphatic rings. The van der Waals surface area contributed by atoms with Gasteiger partial charge in [-0.15, -0.1) is 0 Å². The van der Waals surface area contributed by atoms with Crippen LogP contribution < -0.4 is 15.4 Å². The standard InChI is InChI=1S/C24H28N2O4/c1-17(27)30-22-12-5-9-19(15-22)24(29)26-21-11-6-10-20(16-21)25-23(28)14-13-18-7-3-2-4-8-18/h5-6,9-12,15-16,18H,2-4,7-8,13-14H2,1H3,(H,25,28)(H,26,29). The van der Waals surface area contributed by atoms with Crippen molar-refractivity contribution in [3.63, 3.8) is 0 Å². The van der Waals surface area contributed by atoms with Crippen LogP contribution in [0.4, 0.5) is 11.4 Å². The van der Waals surface area contributed by atoms with Crippen LogP contribution in [0, 0.1) is 5.92 Å². The fourth-order valence-electron chi connectivity index (χ4n) is 3.78. The third-order valence-electron chi connectivity index (χ3n) is 5.27. The molecule has 2 aromatic carbocycles. The summed E-state index contributed by atoms with van der Waals surface area (Å²) < 4.78 is 5.02. The molecular weight excluding hydrogens is 380 g/mol. The second-order valence-corrected chi connectivity index (χ2v) is 7.75. The van der Waals surface area contributed by atoms with E-state index in [0.717, 1.165) is 6.42 Å². The molecular formula is C24H28N2O4. The van der Waals surface area contributed by atoms with E-state index in [1.807, 2.05) is 0 Å². The van der Waals surface area contributed by atoms with Gasteiger partial charge in [-0.1, -0.05) is 44.2 Å². The molecule has 6 nitrogen and oxygen atoms in total. The molecule has 2 N–H and O–H groups in total. The minimum absolute atomic E-state index is 0.00173. The Bertz CT molecular complexity index is 904. The van der Waals surface area contributed by atoms with Crippen molar-refractivity contribution >= 4 is 29.2 Å². The smallest absolute Gasteiger partial charge is 0.308 e. The lowest BCUT2D eigenvalue weighted by Crippen LogP contribution is -2.15. The van der Waals surface area contributed by atoms with Crippen LogP contribution in [0.25, 0.3) is 0 Å². The maximum Gasteiger partial charge on any atom is 0.308 e. The molecule has 0 aliphatic heterocycles. The number of nitrogens with one attached hydrogen (secondary N) is 2. The molecule has 2 amide bonds. The zero-order chi connectivity index (χ0) is 21.3. The largest absolute Gasteiger partial charge is 0.427 e. The Balaban J connectivity index is 1.55. The summed E-state index contributed by atoms with van der Waals surface area (Å²) in [5.74, 6) is 0.203. The maximum absolute atomic E-state index is 12.5. The van der Waals surface area contributed by atoms with Gasteiger partial charge in [-0.2, -0.15) is 0 Å². The number of hydrogen-bond acceptors (Lipinski definition) is 4. The Morgan fingerprint density at radius 3 is 2.37 bits per heavy atom. The molecule has 0 spiro atoms. The minimum Gasteiger partial charge on any atom is -0.427 e. The van der Waals surface area contributed by atoms with Gasteiger partial charge in [0.2, 0.25) is 5.91 Å². The topological polar surface area (TPSA) is 84.5 Å². The molecule has 0 saturated heterocycles. The van der Waals surface area contributed by atoms with E-state index in [1.165, 1.54) is 45.1 Å². The summed E-state index contributed by atoms with van der Waals surface area (Å²) in [6, 6.07) is 13.5. The van der Waals surface area contributed by atoms with Crippen molar-refractivity contribution in [1.29, 1.82) is 0 Å². The van der Waals surface area contributed by atoms with Crippen molar-refractivity contribution < 1.29 is 19.1 Å². The quantitative estimate of drug-likeness (QED) is 0.489. The molecule has 0 bridgehead atoms. The molecule has 1 aliphatic carbocycles. The van der Waals surface area contributed by atoms with Crippen molar-refractivity contribution in [3.8, 4) is 5.75 Å². The predicted octanol–water partition coefficient (Wildman–Crippen LogP) is 5.16. The van der Waals surface area contributed by atoms with E-state index < -0.39 is 5.97 Å². The van der Waals surface area contributed by atoms with Gasteiger partial charge in [-0.3, -0.25) is 14.4 Å². The van der Waals surface area contributed by atoms with Crippen LogP contribution in [-0.4, -0.2) is 17.8 Å². The summed E-state index contributed by atoms with van der Waals surface area (Å²) in [4.78, 5) is 35.9. The van der Waals surface area contributed by atoms with Crippen molar-refractivity contribution in [2.45, 2.75) is 51.9 Å². The van der Waals surface area contributed by atoms with Crippen molar-refractivity contribution in [2.75, 3.05) is 10.6 Å². The highest BCUT2D eigenvalue weighted by molar-refractivity contribution is 6.05. The normalized spacial score (nSPS) is 14.0. The molecule has 1 fully saturated rings. The Morgan fingerprint density at radius 2 is 1.63 bits per heavy atom. The number of anilines is 2. The lowest BCUT2D eigenvalue weighted by molar-refractivity contribution is -0.131. The van der Waals surface area contributed by atoms with Crippen LogP contribution >= 0.6 is 0 Å². The Kier molecular flexibility index (Phi) is 7.60. The molecule has 3 rings (SSSR count). The zero-order valence-electron chi connectivity index (χ0n) is 17.3. The number of hydrogen-bond donors (Lipinski definition) is 2. The fraction of sp³-hybridized carbons (Fsp3) is 0.375. The first-order valence-electron chi connectivity index (χ1n) is 10.5. The Labute approximate surface area is 177 Å². The van der Waals surface area contributed by atoms with Crippen LogP contribution in [-0.2, 0) is 9.59 Å². The van der Waals surface area contributed by atoms with Crippen molar-refractivity contribution in [2.24, 2.45) is 5.92 Å². The van der Waals surface area contributed by atoms with Crippen LogP contribution in [0.15, 0.2) is 48.5 Å². The number of rotatable bonds is 7. The van der Waals surface area contributed by atoms with E-state index in [1.54, 1.807) is 42.5 Å². The van der Waals surface area contributed by atoms with Gasteiger partial charge in [0.15, 0.2) is 0 Å². The molecule has 30 heavy (non-hydrogen) atoms. The second kappa shape index (κ2) is 10.6. The van der Waals surface area contributed by atoms with E-state index in [4.69, 9.17) is 4.74 Å². The average Bonchev–Trinajstić information content (AvgIpc) is 2.73. The molecule has 0 heterocycles. The molecule has 6 heteroatoms. The molecule has 0 aromatic heterocycles. The van der Waals surface area contributed by atoms with Crippen molar-refractivity contribution in [1.82, 2.24) is 0 Å². The van der Waals surface area contributed by atoms with Gasteiger partial charge < -0.3 is 15.4 Å². The van der Waals surface area contributed by atoms with Crippen LogP contribution in [0.5, 0.6) is 5.75 Å². The molecule has 1 saturated carbocycles. The van der Waals surface area contributed by atoms with Gasteiger partial charge in [0, 0.05) is 30.3 Å². The minimum atomic E-state index is -0.445. The second-order valence-electron chi connectivity index (χ2n) is 7.75. The number of esters is 1. The molecule has 0 atom stereocenters. The Morgan fingerprint density at radius 1 is 0.933 bits per heavy atom. The highest BCUT2D eigenvalue weighted by Crippen LogP contribution is 2.27. The van der Waals surface area contributed by atoms with E-state index in [9.17, 15) is 14.4 Å². The van der Waals surface area contributed by atoms with Crippen LogP contribution in [0.3, 0.4) is 0 Å². The molecule has 158 valence electrons. The lowest BCUT2D eigenvalue weighted by Gasteiger charge is -2.21. The van der Waals surface area contributed by atoms with E-state index in [-0.39, 0.29) is 11.8 Å². The van der Waals surface area contributed by atoms with Gasteiger partial charge in [-0.25, -0.2) is 0 Å².